The molecule has 4 aromatic rings. The number of fused-ring (bicyclic) bond motifs is 5. The number of nitrogens with zero attached hydrogens (tertiary/aromatic N) is 1. The number of aromatic nitrogens is 1. The van der Waals surface area contributed by atoms with E-state index in [9.17, 15) is 0 Å². The van der Waals surface area contributed by atoms with E-state index in [2.05, 4.69) is 41.7 Å². The van der Waals surface area contributed by atoms with Crippen LogP contribution in [0.4, 0.5) is 0 Å². The van der Waals surface area contributed by atoms with E-state index in [0.717, 1.165) is 36.3 Å². The Kier molecular flexibility index (Phi) is 3.86. The second-order valence-electron chi connectivity index (χ2n) is 6.63. The van der Waals surface area contributed by atoms with E-state index in [0.29, 0.717) is 10.0 Å². The molecular weight excluding hydrogens is 363 g/mol. The van der Waals surface area contributed by atoms with Crippen LogP contribution in [0.1, 0.15) is 11.1 Å². The minimum Gasteiger partial charge on any atom is -0.312 e. The van der Waals surface area contributed by atoms with Crippen molar-refractivity contribution in [2.45, 2.75) is 13.0 Å². The van der Waals surface area contributed by atoms with E-state index in [4.69, 9.17) is 28.2 Å². The normalized spacial score (nSPS) is 13.9. The van der Waals surface area contributed by atoms with Crippen LogP contribution < -0.4 is 5.32 Å². The first-order valence-corrected chi connectivity index (χ1v) is 9.48. The molecule has 3 aromatic carbocycles. The molecule has 1 N–H and O–H groups in total. The minimum atomic E-state index is 0.557. The molecule has 1 aliphatic heterocycles. The van der Waals surface area contributed by atoms with Crippen LogP contribution >= 0.6 is 23.2 Å². The molecule has 0 unspecified atom stereocenters. The fraction of sp³-hybridized carbons (Fsp3) is 0.136. The third-order valence-electron chi connectivity index (χ3n) is 5.15. The van der Waals surface area contributed by atoms with Crippen molar-refractivity contribution in [2.24, 2.45) is 0 Å². The zero-order chi connectivity index (χ0) is 17.7. The summed E-state index contributed by atoms with van der Waals surface area (Å²) in [5.74, 6) is 0. The van der Waals surface area contributed by atoms with E-state index in [1.54, 1.807) is 0 Å². The largest absolute Gasteiger partial charge is 0.312 e. The van der Waals surface area contributed by atoms with Crippen LogP contribution in [0.5, 0.6) is 0 Å². The van der Waals surface area contributed by atoms with Crippen LogP contribution in [0, 0.1) is 0 Å². The number of pyridine rings is 1. The lowest BCUT2D eigenvalue weighted by Crippen LogP contribution is -2.25. The molecule has 2 heterocycles. The van der Waals surface area contributed by atoms with E-state index in [1.807, 2.05) is 18.2 Å². The molecular formula is C22H16Cl2N2. The van der Waals surface area contributed by atoms with E-state index in [1.165, 1.54) is 27.3 Å². The minimum absolute atomic E-state index is 0.557. The summed E-state index contributed by atoms with van der Waals surface area (Å²) in [5, 5.41) is 8.38. The molecule has 0 aliphatic carbocycles. The molecule has 5 rings (SSSR count). The van der Waals surface area contributed by atoms with E-state index >= 15 is 0 Å². The SMILES string of the molecule is Clc1cccc(-c2nc3ccc4ccccc4c3c3c2CNCC3)c1Cl. The summed E-state index contributed by atoms with van der Waals surface area (Å²) in [6.07, 6.45) is 0.980. The monoisotopic (exact) mass is 378 g/mol. The maximum Gasteiger partial charge on any atom is 0.0772 e. The Hall–Kier alpha value is -2.13. The van der Waals surface area contributed by atoms with Crippen LogP contribution in [-0.2, 0) is 13.0 Å². The van der Waals surface area contributed by atoms with Crippen molar-refractivity contribution in [3.8, 4) is 11.3 Å². The average molecular weight is 379 g/mol. The van der Waals surface area contributed by atoms with Gasteiger partial charge >= 0.3 is 0 Å². The Labute approximate surface area is 161 Å². The maximum atomic E-state index is 6.52. The fourth-order valence-electron chi connectivity index (χ4n) is 3.95. The summed E-state index contributed by atoms with van der Waals surface area (Å²) in [5.41, 5.74) is 5.44. The van der Waals surface area contributed by atoms with Crippen molar-refractivity contribution in [1.29, 1.82) is 0 Å². The Bertz CT molecular complexity index is 1170. The summed E-state index contributed by atoms with van der Waals surface area (Å²) in [6, 6.07) is 18.5. The Morgan fingerprint density at radius 2 is 1.77 bits per heavy atom. The summed E-state index contributed by atoms with van der Waals surface area (Å²) >= 11 is 12.8. The first kappa shape index (κ1) is 16.1. The fourth-order valence-corrected chi connectivity index (χ4v) is 4.34. The quantitative estimate of drug-likeness (QED) is 0.410. The lowest BCUT2D eigenvalue weighted by molar-refractivity contribution is 0.646. The zero-order valence-corrected chi connectivity index (χ0v) is 15.5. The molecule has 0 fully saturated rings. The summed E-state index contributed by atoms with van der Waals surface area (Å²) in [6.45, 7) is 1.76. The molecule has 0 atom stereocenters. The van der Waals surface area contributed by atoms with Crippen molar-refractivity contribution >= 4 is 44.9 Å². The van der Waals surface area contributed by atoms with Crippen LogP contribution in [-0.4, -0.2) is 11.5 Å². The number of hydrogen-bond acceptors (Lipinski definition) is 2. The van der Waals surface area contributed by atoms with Crippen LogP contribution in [0.3, 0.4) is 0 Å². The van der Waals surface area contributed by atoms with Crippen molar-refractivity contribution in [2.75, 3.05) is 6.54 Å². The van der Waals surface area contributed by atoms with Gasteiger partial charge in [0.1, 0.15) is 0 Å². The van der Waals surface area contributed by atoms with Gasteiger partial charge in [0.15, 0.2) is 0 Å². The van der Waals surface area contributed by atoms with Crippen molar-refractivity contribution in [3.63, 3.8) is 0 Å². The first-order chi connectivity index (χ1) is 12.7. The average Bonchev–Trinajstić information content (AvgIpc) is 2.69. The van der Waals surface area contributed by atoms with Crippen LogP contribution in [0.15, 0.2) is 54.6 Å². The van der Waals surface area contributed by atoms with Gasteiger partial charge in [0.05, 0.1) is 21.3 Å². The molecule has 2 nitrogen and oxygen atoms in total. The molecule has 1 aromatic heterocycles. The first-order valence-electron chi connectivity index (χ1n) is 8.72. The van der Waals surface area contributed by atoms with Crippen LogP contribution in [0.25, 0.3) is 32.9 Å². The van der Waals surface area contributed by atoms with Gasteiger partial charge in [0, 0.05) is 17.5 Å². The molecule has 0 radical (unpaired) electrons. The molecule has 128 valence electrons. The predicted molar refractivity (Wildman–Crippen MR) is 110 cm³/mol. The number of hydrogen-bond donors (Lipinski definition) is 1. The maximum absolute atomic E-state index is 6.52. The van der Waals surface area contributed by atoms with E-state index < -0.39 is 0 Å². The molecule has 4 heteroatoms. The van der Waals surface area contributed by atoms with Gasteiger partial charge in [-0.2, -0.15) is 0 Å². The Morgan fingerprint density at radius 3 is 2.69 bits per heavy atom. The van der Waals surface area contributed by atoms with Gasteiger partial charge in [-0.3, -0.25) is 0 Å². The second-order valence-corrected chi connectivity index (χ2v) is 7.41. The van der Waals surface area contributed by atoms with Gasteiger partial charge in [0.2, 0.25) is 0 Å². The summed E-state index contributed by atoms with van der Waals surface area (Å²) in [7, 11) is 0. The van der Waals surface area contributed by atoms with Gasteiger partial charge in [-0.25, -0.2) is 4.98 Å². The topological polar surface area (TPSA) is 24.9 Å². The van der Waals surface area contributed by atoms with Crippen molar-refractivity contribution < 1.29 is 0 Å². The van der Waals surface area contributed by atoms with Gasteiger partial charge in [0.25, 0.3) is 0 Å². The lowest BCUT2D eigenvalue weighted by atomic mass is 9.90. The Balaban J connectivity index is 1.92. The highest BCUT2D eigenvalue weighted by Gasteiger charge is 2.22. The van der Waals surface area contributed by atoms with Crippen LogP contribution in [0.2, 0.25) is 10.0 Å². The zero-order valence-electron chi connectivity index (χ0n) is 14.0. The number of halogens is 2. The van der Waals surface area contributed by atoms with Gasteiger partial charge in [-0.05, 0) is 47.0 Å². The molecule has 26 heavy (non-hydrogen) atoms. The third-order valence-corrected chi connectivity index (χ3v) is 5.97. The smallest absolute Gasteiger partial charge is 0.0772 e. The lowest BCUT2D eigenvalue weighted by Gasteiger charge is -2.23. The van der Waals surface area contributed by atoms with E-state index in [-0.39, 0.29) is 0 Å². The number of rotatable bonds is 1. The van der Waals surface area contributed by atoms with Gasteiger partial charge in [-0.1, -0.05) is 65.7 Å². The summed E-state index contributed by atoms with van der Waals surface area (Å²) in [4.78, 5) is 5.03. The molecule has 0 saturated carbocycles. The highest BCUT2D eigenvalue weighted by Crippen LogP contribution is 2.39. The molecule has 0 saturated heterocycles. The Morgan fingerprint density at radius 1 is 0.885 bits per heavy atom. The van der Waals surface area contributed by atoms with Crippen molar-refractivity contribution in [1.82, 2.24) is 10.3 Å². The van der Waals surface area contributed by atoms with Gasteiger partial charge < -0.3 is 5.32 Å². The molecule has 0 bridgehead atoms. The number of nitrogens with one attached hydrogen (secondary N) is 1. The van der Waals surface area contributed by atoms with Crippen molar-refractivity contribution in [3.05, 3.63) is 75.8 Å². The third kappa shape index (κ3) is 2.41. The van der Waals surface area contributed by atoms with Gasteiger partial charge in [-0.15, -0.1) is 0 Å². The highest BCUT2D eigenvalue weighted by atomic mass is 35.5. The summed E-state index contributed by atoms with van der Waals surface area (Å²) < 4.78 is 0. The predicted octanol–water partition coefficient (Wildman–Crippen LogP) is 6.01. The number of benzene rings is 3. The standard InChI is InChI=1S/C22H16Cl2N2/c23-18-7-3-6-16(21(18)24)22-17-12-25-11-10-15(17)20-14-5-2-1-4-13(14)8-9-19(20)26-22/h1-9,25H,10-12H2. The molecule has 1 aliphatic rings. The second kappa shape index (κ2) is 6.24. The molecule has 0 spiro atoms. The molecule has 0 amide bonds. The highest BCUT2D eigenvalue weighted by molar-refractivity contribution is 6.43.